The van der Waals surface area contributed by atoms with E-state index in [4.69, 9.17) is 19.3 Å². The van der Waals surface area contributed by atoms with E-state index < -0.39 is 74.6 Å². The minimum absolute atomic E-state index is 0. The van der Waals surface area contributed by atoms with Crippen LogP contribution in [0.4, 0.5) is 0 Å². The number of ether oxygens (including phenoxy) is 3. The Bertz CT molecular complexity index is 384. The van der Waals surface area contributed by atoms with Gasteiger partial charge < -0.3 is 55.1 Å². The maximum Gasteiger partial charge on any atom is 0.187 e. The van der Waals surface area contributed by atoms with Crippen LogP contribution in [-0.4, -0.2) is 164 Å². The molecule has 24 heavy (non-hydrogen) atoms. The summed E-state index contributed by atoms with van der Waals surface area (Å²) in [6.07, 6.45) is -15.6. The van der Waals surface area contributed by atoms with Gasteiger partial charge in [-0.25, -0.2) is 0 Å². The first-order valence-electron chi connectivity index (χ1n) is 7.08. The molecule has 8 N–H and O–H groups in total. The van der Waals surface area contributed by atoms with E-state index in [1.807, 2.05) is 0 Å². The molecule has 1 unspecified atom stereocenters. The van der Waals surface area contributed by atoms with Gasteiger partial charge in [-0.1, -0.05) is 0 Å². The third-order valence-electron chi connectivity index (χ3n) is 3.98. The van der Waals surface area contributed by atoms with Crippen molar-refractivity contribution in [3.63, 3.8) is 0 Å². The maximum absolute atomic E-state index is 9.94. The zero-order chi connectivity index (χ0) is 17.3. The molecule has 2 rings (SSSR count). The summed E-state index contributed by atoms with van der Waals surface area (Å²) in [5.74, 6) is 0. The predicted molar refractivity (Wildman–Crippen MR) is 74.4 cm³/mol. The number of hydrogen-bond donors (Lipinski definition) is 8. The second kappa shape index (κ2) is 9.89. The molecule has 0 bridgehead atoms. The molecule has 2 fully saturated rings. The Morgan fingerprint density at radius 3 is 1.79 bits per heavy atom. The molecule has 12 heteroatoms. The summed E-state index contributed by atoms with van der Waals surface area (Å²) in [7, 11) is 0. The summed E-state index contributed by atoms with van der Waals surface area (Å²) in [6.45, 7) is -1.35. The Kier molecular flexibility index (Phi) is 9.55. The van der Waals surface area contributed by atoms with Crippen molar-refractivity contribution in [3.8, 4) is 0 Å². The summed E-state index contributed by atoms with van der Waals surface area (Å²) in [4.78, 5) is 0. The van der Waals surface area contributed by atoms with Crippen LogP contribution >= 0.6 is 0 Å². The second-order valence-electron chi connectivity index (χ2n) is 5.53. The molecule has 10 atom stereocenters. The van der Waals surface area contributed by atoms with Crippen LogP contribution in [0.15, 0.2) is 0 Å². The quantitative estimate of drug-likeness (QED) is 0.179. The normalized spacial score (nSPS) is 49.5. The standard InChI is InChI=1S/C12H22O11.Ba/c13-1-3-5(15)6(16)9(19)12(22-3)23-10-4(2-14)21-11(20)8(18)7(10)17;/h3-20H,1-2H2;/t3-,4-,5+,6+,7-,8-,9-,10-,11?,12+;/m1./s1. The molecule has 2 saturated heterocycles. The fourth-order valence-corrected chi connectivity index (χ4v) is 2.57. The molecule has 0 amide bonds. The van der Waals surface area contributed by atoms with Crippen LogP contribution in [0.2, 0.25) is 0 Å². The Labute approximate surface area is 177 Å². The molecule has 2 aliphatic heterocycles. The van der Waals surface area contributed by atoms with Crippen LogP contribution in [0.3, 0.4) is 0 Å². The largest absolute Gasteiger partial charge is 0.394 e. The van der Waals surface area contributed by atoms with Crippen molar-refractivity contribution in [1.29, 1.82) is 0 Å². The molecule has 0 aliphatic carbocycles. The first-order valence-corrected chi connectivity index (χ1v) is 7.08. The van der Waals surface area contributed by atoms with Gasteiger partial charge in [0.2, 0.25) is 0 Å². The van der Waals surface area contributed by atoms with Crippen molar-refractivity contribution in [2.45, 2.75) is 61.4 Å². The zero-order valence-corrected chi connectivity index (χ0v) is 17.1. The number of aliphatic hydroxyl groups excluding tert-OH is 8. The monoisotopic (exact) mass is 480 g/mol. The molecule has 0 aromatic carbocycles. The minimum Gasteiger partial charge on any atom is -0.394 e. The smallest absolute Gasteiger partial charge is 0.187 e. The maximum atomic E-state index is 9.94. The van der Waals surface area contributed by atoms with Crippen molar-refractivity contribution in [3.05, 3.63) is 0 Å². The SMILES string of the molecule is OC[C@H]1O[C@@H](O[C@H]2[C@H](O)[C@@H](O)C(O)O[C@@H]2CO)[C@H](O)[C@@H](O)[C@H]1O.[Ba]. The summed E-state index contributed by atoms with van der Waals surface area (Å²) in [5, 5.41) is 76.5. The van der Waals surface area contributed by atoms with E-state index in [0.717, 1.165) is 0 Å². The molecule has 0 spiro atoms. The average molecular weight is 480 g/mol. The Hall–Kier alpha value is 1.13. The summed E-state index contributed by atoms with van der Waals surface area (Å²) < 4.78 is 15.3. The molecular formula is C12H22BaO11. The number of aliphatic hydroxyl groups is 8. The van der Waals surface area contributed by atoms with Gasteiger partial charge in [-0.15, -0.1) is 0 Å². The summed E-state index contributed by atoms with van der Waals surface area (Å²) in [5.41, 5.74) is 0. The average Bonchev–Trinajstić information content (AvgIpc) is 2.55. The third kappa shape index (κ3) is 4.69. The summed E-state index contributed by atoms with van der Waals surface area (Å²) >= 11 is 0. The van der Waals surface area contributed by atoms with Gasteiger partial charge in [0.1, 0.15) is 48.8 Å². The van der Waals surface area contributed by atoms with Crippen molar-refractivity contribution >= 4 is 48.9 Å². The van der Waals surface area contributed by atoms with E-state index >= 15 is 0 Å². The fourth-order valence-electron chi connectivity index (χ4n) is 2.57. The molecule has 0 aromatic heterocycles. The van der Waals surface area contributed by atoms with E-state index in [1.54, 1.807) is 0 Å². The first kappa shape index (κ1) is 23.2. The van der Waals surface area contributed by atoms with Gasteiger partial charge >= 0.3 is 0 Å². The minimum atomic E-state index is -1.74. The van der Waals surface area contributed by atoms with E-state index in [1.165, 1.54) is 0 Å². The molecular weight excluding hydrogens is 457 g/mol. The molecule has 2 aliphatic rings. The van der Waals surface area contributed by atoms with Crippen molar-refractivity contribution < 1.29 is 55.1 Å². The zero-order valence-electron chi connectivity index (χ0n) is 12.7. The van der Waals surface area contributed by atoms with Crippen LogP contribution in [0.25, 0.3) is 0 Å². The van der Waals surface area contributed by atoms with E-state index in [-0.39, 0.29) is 48.9 Å². The van der Waals surface area contributed by atoms with E-state index in [9.17, 15) is 35.7 Å². The van der Waals surface area contributed by atoms with Crippen molar-refractivity contribution in [2.75, 3.05) is 13.2 Å². The molecule has 0 aromatic rings. The van der Waals surface area contributed by atoms with Gasteiger partial charge in [-0.3, -0.25) is 0 Å². The van der Waals surface area contributed by atoms with Crippen LogP contribution in [-0.2, 0) is 14.2 Å². The fraction of sp³-hybridized carbons (Fsp3) is 1.00. The summed E-state index contributed by atoms with van der Waals surface area (Å²) in [6, 6.07) is 0. The molecule has 2 heterocycles. The van der Waals surface area contributed by atoms with Crippen LogP contribution in [0.5, 0.6) is 0 Å². The van der Waals surface area contributed by atoms with Crippen molar-refractivity contribution in [1.82, 2.24) is 0 Å². The van der Waals surface area contributed by atoms with Gasteiger partial charge in [0.15, 0.2) is 12.6 Å². The van der Waals surface area contributed by atoms with Gasteiger partial charge in [0.05, 0.1) is 13.2 Å². The Morgan fingerprint density at radius 1 is 0.667 bits per heavy atom. The van der Waals surface area contributed by atoms with Crippen molar-refractivity contribution in [2.24, 2.45) is 0 Å². The molecule has 2 radical (unpaired) electrons. The molecule has 0 saturated carbocycles. The van der Waals surface area contributed by atoms with Crippen LogP contribution < -0.4 is 0 Å². The first-order chi connectivity index (χ1) is 10.8. The molecule has 138 valence electrons. The topological polar surface area (TPSA) is 190 Å². The van der Waals surface area contributed by atoms with Crippen LogP contribution in [0, 0.1) is 0 Å². The van der Waals surface area contributed by atoms with Crippen LogP contribution in [0.1, 0.15) is 0 Å². The van der Waals surface area contributed by atoms with Gasteiger partial charge in [-0.05, 0) is 0 Å². The van der Waals surface area contributed by atoms with Gasteiger partial charge in [0, 0.05) is 48.9 Å². The predicted octanol–water partition coefficient (Wildman–Crippen LogP) is -5.78. The molecule has 11 nitrogen and oxygen atoms in total. The second-order valence-corrected chi connectivity index (χ2v) is 5.53. The van der Waals surface area contributed by atoms with E-state index in [0.29, 0.717) is 0 Å². The Morgan fingerprint density at radius 2 is 1.25 bits per heavy atom. The number of rotatable bonds is 4. The van der Waals surface area contributed by atoms with E-state index in [2.05, 4.69) is 0 Å². The Balaban J connectivity index is 0.00000288. The van der Waals surface area contributed by atoms with Gasteiger partial charge in [0.25, 0.3) is 0 Å². The number of hydrogen-bond acceptors (Lipinski definition) is 11. The third-order valence-corrected chi connectivity index (χ3v) is 3.98. The van der Waals surface area contributed by atoms with Gasteiger partial charge in [-0.2, -0.15) is 0 Å².